The zero-order chi connectivity index (χ0) is 14.8. The molecule has 0 bridgehead atoms. The Bertz CT molecular complexity index is 582. The van der Waals surface area contributed by atoms with Gasteiger partial charge in [-0.05, 0) is 34.5 Å². The van der Waals surface area contributed by atoms with Crippen molar-refractivity contribution in [1.29, 1.82) is 0 Å². The van der Waals surface area contributed by atoms with Gasteiger partial charge in [0.25, 0.3) is 5.91 Å². The summed E-state index contributed by atoms with van der Waals surface area (Å²) >= 11 is 3.15. The van der Waals surface area contributed by atoms with Gasteiger partial charge in [0.2, 0.25) is 0 Å². The molecular formula is C12H16BrNO5S. The molecule has 2 rings (SSSR count). The third kappa shape index (κ3) is 3.62. The molecule has 0 aromatic carbocycles. The average molecular weight is 366 g/mol. The van der Waals surface area contributed by atoms with Crippen LogP contribution in [-0.2, 0) is 14.6 Å². The minimum Gasteiger partial charge on any atom is -0.444 e. The maximum Gasteiger partial charge on any atom is 0.289 e. The van der Waals surface area contributed by atoms with E-state index in [1.807, 2.05) is 0 Å². The Morgan fingerprint density at radius 1 is 1.55 bits per heavy atom. The summed E-state index contributed by atoms with van der Waals surface area (Å²) in [4.78, 5) is 14.0. The molecule has 8 heteroatoms. The van der Waals surface area contributed by atoms with Crippen LogP contribution in [0.1, 0.15) is 17.0 Å². The molecule has 1 aromatic rings. The normalized spacial score (nSPS) is 21.0. The fourth-order valence-electron chi connectivity index (χ4n) is 2.23. The second kappa shape index (κ2) is 6.28. The lowest BCUT2D eigenvalue weighted by Gasteiger charge is -2.27. The molecule has 1 aliphatic rings. The van der Waals surface area contributed by atoms with E-state index in [4.69, 9.17) is 9.15 Å². The second-order valence-corrected chi connectivity index (χ2v) is 7.66. The molecule has 0 radical (unpaired) electrons. The molecule has 0 saturated carbocycles. The van der Waals surface area contributed by atoms with E-state index in [-0.39, 0.29) is 29.2 Å². The topological polar surface area (TPSA) is 76.8 Å². The van der Waals surface area contributed by atoms with Crippen LogP contribution in [0, 0.1) is 0 Å². The lowest BCUT2D eigenvalue weighted by atomic mass is 10.2. The number of amides is 1. The molecule has 1 saturated heterocycles. The van der Waals surface area contributed by atoms with Gasteiger partial charge in [-0.3, -0.25) is 4.79 Å². The van der Waals surface area contributed by atoms with Crippen LogP contribution in [0.25, 0.3) is 0 Å². The van der Waals surface area contributed by atoms with Crippen molar-refractivity contribution in [2.24, 2.45) is 0 Å². The summed E-state index contributed by atoms with van der Waals surface area (Å²) in [6, 6.07) is 2.88. The number of carbonyl (C=O) groups excluding carboxylic acids is 1. The fourth-order valence-corrected chi connectivity index (χ4v) is 4.27. The molecule has 0 N–H and O–H groups in total. The van der Waals surface area contributed by atoms with Crippen molar-refractivity contribution in [3.63, 3.8) is 0 Å². The summed E-state index contributed by atoms with van der Waals surface area (Å²) in [6.07, 6.45) is 0.458. The molecule has 6 nitrogen and oxygen atoms in total. The predicted molar refractivity (Wildman–Crippen MR) is 76.4 cm³/mol. The SMILES string of the molecule is COCCN(C(=O)c1ccc(Br)o1)C1CCS(=O)(=O)C1. The zero-order valence-corrected chi connectivity index (χ0v) is 13.4. The van der Waals surface area contributed by atoms with Gasteiger partial charge in [-0.1, -0.05) is 0 Å². The Kier molecular flexibility index (Phi) is 4.87. The highest BCUT2D eigenvalue weighted by atomic mass is 79.9. The van der Waals surface area contributed by atoms with Gasteiger partial charge in [0.05, 0.1) is 18.1 Å². The Hall–Kier alpha value is -0.860. The minimum atomic E-state index is -3.05. The van der Waals surface area contributed by atoms with Gasteiger partial charge in [0.15, 0.2) is 20.3 Å². The summed E-state index contributed by atoms with van der Waals surface area (Å²) in [7, 11) is -1.51. The van der Waals surface area contributed by atoms with E-state index in [1.165, 1.54) is 12.0 Å². The monoisotopic (exact) mass is 365 g/mol. The number of carbonyl (C=O) groups is 1. The molecule has 1 fully saturated rings. The largest absolute Gasteiger partial charge is 0.444 e. The predicted octanol–water partition coefficient (Wildman–Crippen LogP) is 1.32. The number of nitrogens with zero attached hydrogens (tertiary/aromatic N) is 1. The van der Waals surface area contributed by atoms with Gasteiger partial charge in [-0.25, -0.2) is 8.42 Å². The van der Waals surface area contributed by atoms with Crippen LogP contribution in [-0.4, -0.2) is 57.0 Å². The second-order valence-electron chi connectivity index (χ2n) is 4.65. The van der Waals surface area contributed by atoms with Crippen LogP contribution in [0.2, 0.25) is 0 Å². The summed E-state index contributed by atoms with van der Waals surface area (Å²) in [5.41, 5.74) is 0. The molecule has 1 unspecified atom stereocenters. The van der Waals surface area contributed by atoms with Crippen LogP contribution in [0.4, 0.5) is 0 Å². The van der Waals surface area contributed by atoms with Crippen LogP contribution in [0.3, 0.4) is 0 Å². The van der Waals surface area contributed by atoms with Crippen molar-refractivity contribution in [3.8, 4) is 0 Å². The number of methoxy groups -OCH3 is 1. The molecule has 0 aliphatic carbocycles. The third-order valence-electron chi connectivity index (χ3n) is 3.23. The van der Waals surface area contributed by atoms with E-state index in [9.17, 15) is 13.2 Å². The van der Waals surface area contributed by atoms with Gasteiger partial charge < -0.3 is 14.1 Å². The Labute approximate surface area is 126 Å². The van der Waals surface area contributed by atoms with Crippen LogP contribution in [0.15, 0.2) is 21.2 Å². The number of ether oxygens (including phenoxy) is 1. The van der Waals surface area contributed by atoms with Crippen LogP contribution >= 0.6 is 15.9 Å². The van der Waals surface area contributed by atoms with E-state index >= 15 is 0 Å². The highest BCUT2D eigenvalue weighted by Crippen LogP contribution is 2.22. The van der Waals surface area contributed by atoms with Crippen LogP contribution < -0.4 is 0 Å². The van der Waals surface area contributed by atoms with Crippen molar-refractivity contribution in [3.05, 3.63) is 22.6 Å². The molecule has 2 heterocycles. The average Bonchev–Trinajstić information content (AvgIpc) is 2.96. The molecule has 1 amide bonds. The number of hydrogen-bond donors (Lipinski definition) is 0. The summed E-state index contributed by atoms with van der Waals surface area (Å²) < 4.78 is 33.9. The quantitative estimate of drug-likeness (QED) is 0.786. The molecular weight excluding hydrogens is 350 g/mol. The first-order chi connectivity index (χ1) is 9.43. The zero-order valence-electron chi connectivity index (χ0n) is 11.0. The van der Waals surface area contributed by atoms with Gasteiger partial charge in [0.1, 0.15) is 0 Å². The molecule has 0 spiro atoms. The van der Waals surface area contributed by atoms with E-state index in [0.29, 0.717) is 24.2 Å². The van der Waals surface area contributed by atoms with Gasteiger partial charge in [-0.2, -0.15) is 0 Å². The van der Waals surface area contributed by atoms with Gasteiger partial charge in [-0.15, -0.1) is 0 Å². The molecule has 1 atom stereocenters. The highest BCUT2D eigenvalue weighted by molar-refractivity contribution is 9.10. The van der Waals surface area contributed by atoms with Crippen molar-refractivity contribution in [1.82, 2.24) is 4.90 Å². The maximum absolute atomic E-state index is 12.4. The van der Waals surface area contributed by atoms with Crippen molar-refractivity contribution in [2.45, 2.75) is 12.5 Å². The number of rotatable bonds is 5. The Balaban J connectivity index is 2.17. The molecule has 20 heavy (non-hydrogen) atoms. The minimum absolute atomic E-state index is 0.00430. The molecule has 112 valence electrons. The summed E-state index contributed by atoms with van der Waals surface area (Å²) in [5.74, 6) is 0.00720. The molecule has 1 aromatic heterocycles. The number of hydrogen-bond acceptors (Lipinski definition) is 5. The number of furan rings is 1. The smallest absolute Gasteiger partial charge is 0.289 e. The Morgan fingerprint density at radius 3 is 2.80 bits per heavy atom. The van der Waals surface area contributed by atoms with Crippen LogP contribution in [0.5, 0.6) is 0 Å². The van der Waals surface area contributed by atoms with Gasteiger partial charge in [0, 0.05) is 19.7 Å². The summed E-state index contributed by atoms with van der Waals surface area (Å²) in [6.45, 7) is 0.692. The van der Waals surface area contributed by atoms with E-state index in [1.54, 1.807) is 12.1 Å². The summed E-state index contributed by atoms with van der Waals surface area (Å²) in [5, 5.41) is 0. The van der Waals surface area contributed by atoms with Crippen molar-refractivity contribution < 1.29 is 22.4 Å². The van der Waals surface area contributed by atoms with E-state index < -0.39 is 9.84 Å². The standard InChI is InChI=1S/C12H16BrNO5S/c1-18-6-5-14(9-4-7-20(16,17)8-9)12(15)10-2-3-11(13)19-10/h2-3,9H,4-8H2,1H3. The third-order valence-corrected chi connectivity index (χ3v) is 5.41. The van der Waals surface area contributed by atoms with E-state index in [2.05, 4.69) is 15.9 Å². The van der Waals surface area contributed by atoms with Gasteiger partial charge >= 0.3 is 0 Å². The first-order valence-electron chi connectivity index (χ1n) is 6.18. The maximum atomic E-state index is 12.4. The molecule has 1 aliphatic heterocycles. The van der Waals surface area contributed by atoms with Crippen molar-refractivity contribution in [2.75, 3.05) is 31.8 Å². The lowest BCUT2D eigenvalue weighted by Crippen LogP contribution is -2.42. The number of halogens is 1. The first-order valence-corrected chi connectivity index (χ1v) is 8.80. The fraction of sp³-hybridized carbons (Fsp3) is 0.583. The lowest BCUT2D eigenvalue weighted by molar-refractivity contribution is 0.0592. The highest BCUT2D eigenvalue weighted by Gasteiger charge is 2.35. The van der Waals surface area contributed by atoms with Crippen molar-refractivity contribution >= 4 is 31.7 Å². The number of sulfone groups is 1. The van der Waals surface area contributed by atoms with E-state index in [0.717, 1.165) is 0 Å². The Morgan fingerprint density at radius 2 is 2.30 bits per heavy atom. The first kappa shape index (κ1) is 15.5.